The maximum absolute atomic E-state index is 13.4. The Bertz CT molecular complexity index is 1020. The highest BCUT2D eigenvalue weighted by Crippen LogP contribution is 2.49. The third-order valence-electron chi connectivity index (χ3n) is 7.48. The maximum atomic E-state index is 13.4. The number of aliphatic hydroxyl groups excluding tert-OH is 1. The molecule has 2 heterocycles. The molecule has 2 aliphatic heterocycles. The number of para-hydroxylation sites is 1. The molecular formula is C26H31N3O4. The monoisotopic (exact) mass is 449 g/mol. The van der Waals surface area contributed by atoms with E-state index in [-0.39, 0.29) is 42.5 Å². The van der Waals surface area contributed by atoms with E-state index in [1.807, 2.05) is 29.2 Å². The standard InChI is InChI=1S/C26H31N3O4/c1-33-19-13-11-18(12-14-19)27-26(32)28-15-22-24(20-9-5-6-10-21(20)28)23(16-30)29(22)25(31)17-7-3-2-4-8-17/h5-6,9-14,17,22-24,30H,2-4,7-8,15-16H2,1H3,(H,27,32)/t22-,23-,24+/m1/s1. The lowest BCUT2D eigenvalue weighted by Gasteiger charge is -2.59. The van der Waals surface area contributed by atoms with Crippen molar-refractivity contribution < 1.29 is 19.4 Å². The summed E-state index contributed by atoms with van der Waals surface area (Å²) in [4.78, 5) is 30.4. The Morgan fingerprint density at radius 2 is 1.79 bits per heavy atom. The molecule has 0 bridgehead atoms. The zero-order chi connectivity index (χ0) is 22.9. The Morgan fingerprint density at radius 1 is 1.06 bits per heavy atom. The number of methoxy groups -OCH3 is 1. The Balaban J connectivity index is 1.41. The third-order valence-corrected chi connectivity index (χ3v) is 7.48. The molecule has 0 radical (unpaired) electrons. The molecule has 7 nitrogen and oxygen atoms in total. The number of carbonyl (C=O) groups is 2. The van der Waals surface area contributed by atoms with Gasteiger partial charge in [-0.1, -0.05) is 37.5 Å². The molecule has 3 atom stereocenters. The quantitative estimate of drug-likeness (QED) is 0.740. The minimum Gasteiger partial charge on any atom is -0.497 e. The second kappa shape index (κ2) is 9.06. The Morgan fingerprint density at radius 3 is 2.48 bits per heavy atom. The van der Waals surface area contributed by atoms with E-state index in [0.29, 0.717) is 12.2 Å². The van der Waals surface area contributed by atoms with Gasteiger partial charge in [-0.15, -0.1) is 0 Å². The molecule has 3 aliphatic rings. The SMILES string of the molecule is COc1ccc(NC(=O)N2C[C@@H]3[C@H](c4ccccc42)[C@@H](CO)N3C(=O)C2CCCCC2)cc1. The number of rotatable bonds is 4. The van der Waals surface area contributed by atoms with Gasteiger partial charge in [-0.3, -0.25) is 9.69 Å². The van der Waals surface area contributed by atoms with E-state index in [2.05, 4.69) is 5.32 Å². The first-order valence-electron chi connectivity index (χ1n) is 11.9. The summed E-state index contributed by atoms with van der Waals surface area (Å²) in [6.07, 6.45) is 5.20. The molecule has 1 saturated heterocycles. The van der Waals surface area contributed by atoms with Crippen LogP contribution in [0.5, 0.6) is 5.75 Å². The summed E-state index contributed by atoms with van der Waals surface area (Å²) in [5.74, 6) is 0.946. The van der Waals surface area contributed by atoms with Crippen molar-refractivity contribution in [2.24, 2.45) is 5.92 Å². The van der Waals surface area contributed by atoms with E-state index < -0.39 is 0 Å². The van der Waals surface area contributed by atoms with Crippen LogP contribution in [-0.2, 0) is 4.79 Å². The molecule has 5 rings (SSSR count). The number of carbonyl (C=O) groups excluding carboxylic acids is 2. The largest absolute Gasteiger partial charge is 0.497 e. The number of urea groups is 1. The van der Waals surface area contributed by atoms with Gasteiger partial charge in [0.05, 0.1) is 25.8 Å². The zero-order valence-corrected chi connectivity index (χ0v) is 18.9. The van der Waals surface area contributed by atoms with Gasteiger partial charge in [-0.2, -0.15) is 0 Å². The molecule has 2 fully saturated rings. The van der Waals surface area contributed by atoms with Gasteiger partial charge in [0.25, 0.3) is 0 Å². The van der Waals surface area contributed by atoms with Crippen molar-refractivity contribution in [1.29, 1.82) is 0 Å². The van der Waals surface area contributed by atoms with Gasteiger partial charge in [-0.05, 0) is 48.7 Å². The number of aliphatic hydroxyl groups is 1. The molecule has 0 unspecified atom stereocenters. The number of nitrogens with one attached hydrogen (secondary N) is 1. The summed E-state index contributed by atoms with van der Waals surface area (Å²) in [5.41, 5.74) is 2.54. The van der Waals surface area contributed by atoms with Crippen molar-refractivity contribution in [2.45, 2.75) is 50.1 Å². The predicted octanol–water partition coefficient (Wildman–Crippen LogP) is 3.98. The Hall–Kier alpha value is -3.06. The number of anilines is 2. The van der Waals surface area contributed by atoms with Gasteiger partial charge in [0.2, 0.25) is 5.91 Å². The van der Waals surface area contributed by atoms with Crippen molar-refractivity contribution in [3.63, 3.8) is 0 Å². The van der Waals surface area contributed by atoms with E-state index in [1.54, 1.807) is 36.3 Å². The van der Waals surface area contributed by atoms with Gasteiger partial charge in [0, 0.05) is 29.8 Å². The highest BCUT2D eigenvalue weighted by atomic mass is 16.5. The summed E-state index contributed by atoms with van der Waals surface area (Å²) in [6.45, 7) is 0.352. The number of nitrogens with zero attached hydrogens (tertiary/aromatic N) is 2. The molecule has 174 valence electrons. The summed E-state index contributed by atoms with van der Waals surface area (Å²) >= 11 is 0. The average molecular weight is 450 g/mol. The smallest absolute Gasteiger partial charge is 0.326 e. The van der Waals surface area contributed by atoms with Crippen molar-refractivity contribution in [3.8, 4) is 5.75 Å². The van der Waals surface area contributed by atoms with Crippen LogP contribution in [0.2, 0.25) is 0 Å². The topological polar surface area (TPSA) is 82.1 Å². The predicted molar refractivity (Wildman–Crippen MR) is 127 cm³/mol. The van der Waals surface area contributed by atoms with Gasteiger partial charge in [-0.25, -0.2) is 4.79 Å². The first kappa shape index (κ1) is 21.8. The van der Waals surface area contributed by atoms with Crippen LogP contribution in [0.15, 0.2) is 48.5 Å². The first-order chi connectivity index (χ1) is 16.1. The van der Waals surface area contributed by atoms with Crippen LogP contribution in [0.25, 0.3) is 0 Å². The number of ether oxygens (including phenoxy) is 1. The Kier molecular flexibility index (Phi) is 5.98. The normalized spacial score (nSPS) is 24.4. The van der Waals surface area contributed by atoms with Gasteiger partial charge < -0.3 is 20.1 Å². The van der Waals surface area contributed by atoms with Gasteiger partial charge in [0.15, 0.2) is 0 Å². The minimum atomic E-state index is -0.233. The molecule has 0 spiro atoms. The van der Waals surface area contributed by atoms with Crippen LogP contribution in [0.3, 0.4) is 0 Å². The van der Waals surface area contributed by atoms with Crippen LogP contribution in [0.1, 0.15) is 43.6 Å². The average Bonchev–Trinajstić information content (AvgIpc) is 2.85. The van der Waals surface area contributed by atoms with E-state index in [4.69, 9.17) is 4.74 Å². The second-order valence-electron chi connectivity index (χ2n) is 9.25. The van der Waals surface area contributed by atoms with Crippen molar-refractivity contribution in [1.82, 2.24) is 4.90 Å². The van der Waals surface area contributed by atoms with Crippen LogP contribution in [-0.4, -0.2) is 54.3 Å². The van der Waals surface area contributed by atoms with Crippen LogP contribution in [0, 0.1) is 5.92 Å². The number of fused-ring (bicyclic) bond motifs is 3. The molecule has 3 amide bonds. The first-order valence-corrected chi connectivity index (χ1v) is 11.9. The number of hydrogen-bond acceptors (Lipinski definition) is 4. The highest BCUT2D eigenvalue weighted by molar-refractivity contribution is 6.03. The molecule has 7 heteroatoms. The number of likely N-dealkylation sites (tertiary alicyclic amines) is 1. The maximum Gasteiger partial charge on any atom is 0.326 e. The van der Waals surface area contributed by atoms with Gasteiger partial charge >= 0.3 is 6.03 Å². The lowest BCUT2D eigenvalue weighted by atomic mass is 9.71. The molecule has 2 aromatic rings. The Labute approximate surface area is 194 Å². The summed E-state index contributed by atoms with van der Waals surface area (Å²) in [6, 6.07) is 14.5. The number of amides is 3. The zero-order valence-electron chi connectivity index (χ0n) is 18.9. The lowest BCUT2D eigenvalue weighted by molar-refractivity contribution is -0.156. The summed E-state index contributed by atoms with van der Waals surface area (Å²) in [7, 11) is 1.60. The summed E-state index contributed by atoms with van der Waals surface area (Å²) < 4.78 is 5.19. The van der Waals surface area contributed by atoms with Crippen LogP contribution < -0.4 is 15.0 Å². The lowest BCUT2D eigenvalue weighted by Crippen LogP contribution is -2.71. The molecule has 1 saturated carbocycles. The fourth-order valence-corrected chi connectivity index (χ4v) is 5.81. The van der Waals surface area contributed by atoms with E-state index in [9.17, 15) is 14.7 Å². The van der Waals surface area contributed by atoms with E-state index in [1.165, 1.54) is 6.42 Å². The molecule has 2 N–H and O–H groups in total. The fourth-order valence-electron chi connectivity index (χ4n) is 5.81. The molecule has 1 aliphatic carbocycles. The van der Waals surface area contributed by atoms with Gasteiger partial charge in [0.1, 0.15) is 5.75 Å². The summed E-state index contributed by atoms with van der Waals surface area (Å²) in [5, 5.41) is 13.2. The molecular weight excluding hydrogens is 418 g/mol. The minimum absolute atomic E-state index is 0.0347. The van der Waals surface area contributed by atoms with Crippen molar-refractivity contribution >= 4 is 23.3 Å². The van der Waals surface area contributed by atoms with Crippen LogP contribution >= 0.6 is 0 Å². The second-order valence-corrected chi connectivity index (χ2v) is 9.25. The van der Waals surface area contributed by atoms with Crippen molar-refractivity contribution in [2.75, 3.05) is 30.5 Å². The van der Waals surface area contributed by atoms with Crippen molar-refractivity contribution in [3.05, 3.63) is 54.1 Å². The van der Waals surface area contributed by atoms with Crippen LogP contribution in [0.4, 0.5) is 16.2 Å². The fraction of sp³-hybridized carbons (Fsp3) is 0.462. The third kappa shape index (κ3) is 3.84. The number of benzene rings is 2. The van der Waals surface area contributed by atoms with E-state index >= 15 is 0 Å². The molecule has 2 aromatic carbocycles. The molecule has 0 aromatic heterocycles. The number of hydrogen-bond donors (Lipinski definition) is 2. The van der Waals surface area contributed by atoms with E-state index in [0.717, 1.165) is 42.7 Å². The highest BCUT2D eigenvalue weighted by Gasteiger charge is 2.56. The molecule has 33 heavy (non-hydrogen) atoms.